The molecule has 1 atom stereocenters. The van der Waals surface area contributed by atoms with E-state index >= 15 is 0 Å². The summed E-state index contributed by atoms with van der Waals surface area (Å²) in [6, 6.07) is 2.89. The standard InChI is InChI=1S/C14H15FN4S/c1-2-16-12(13-11(15)4-3-5-17-13)8-10-9-19-6-7-20-14(19)18-10/h3-7,9,12,16H,2,8H2,1H3. The normalized spacial score (nSPS) is 12.9. The van der Waals surface area contributed by atoms with Gasteiger partial charge in [-0.15, -0.1) is 11.3 Å². The van der Waals surface area contributed by atoms with Crippen LogP contribution in [0, 0.1) is 5.82 Å². The molecule has 0 aromatic carbocycles. The van der Waals surface area contributed by atoms with Crippen molar-refractivity contribution < 1.29 is 4.39 Å². The number of hydrogen-bond acceptors (Lipinski definition) is 4. The van der Waals surface area contributed by atoms with E-state index in [-0.39, 0.29) is 11.9 Å². The van der Waals surface area contributed by atoms with E-state index in [0.29, 0.717) is 12.1 Å². The number of halogens is 1. The van der Waals surface area contributed by atoms with Crippen molar-refractivity contribution in [2.24, 2.45) is 0 Å². The van der Waals surface area contributed by atoms with Crippen LogP contribution in [0.1, 0.15) is 24.4 Å². The van der Waals surface area contributed by atoms with Crippen molar-refractivity contribution in [3.8, 4) is 0 Å². The Kier molecular flexibility index (Phi) is 3.75. The second-order valence-electron chi connectivity index (χ2n) is 4.51. The lowest BCUT2D eigenvalue weighted by molar-refractivity contribution is 0.491. The Morgan fingerprint density at radius 2 is 2.40 bits per heavy atom. The van der Waals surface area contributed by atoms with E-state index in [1.54, 1.807) is 23.6 Å². The molecule has 0 bridgehead atoms. The van der Waals surface area contributed by atoms with Gasteiger partial charge < -0.3 is 5.32 Å². The van der Waals surface area contributed by atoms with E-state index < -0.39 is 0 Å². The van der Waals surface area contributed by atoms with Crippen molar-refractivity contribution in [1.82, 2.24) is 19.7 Å². The highest BCUT2D eigenvalue weighted by Gasteiger charge is 2.18. The number of nitrogens with zero attached hydrogens (tertiary/aromatic N) is 3. The maximum absolute atomic E-state index is 13.9. The quantitative estimate of drug-likeness (QED) is 0.785. The minimum absolute atomic E-state index is 0.161. The van der Waals surface area contributed by atoms with Crippen LogP contribution >= 0.6 is 11.3 Å². The second kappa shape index (κ2) is 5.68. The first-order valence-electron chi connectivity index (χ1n) is 6.52. The predicted molar refractivity (Wildman–Crippen MR) is 77.4 cm³/mol. The van der Waals surface area contributed by atoms with Crippen LogP contribution in [0.2, 0.25) is 0 Å². The van der Waals surface area contributed by atoms with E-state index in [9.17, 15) is 4.39 Å². The van der Waals surface area contributed by atoms with Crippen LogP contribution in [0.25, 0.3) is 4.96 Å². The van der Waals surface area contributed by atoms with Crippen LogP contribution in [-0.2, 0) is 6.42 Å². The van der Waals surface area contributed by atoms with Gasteiger partial charge in [-0.1, -0.05) is 6.92 Å². The van der Waals surface area contributed by atoms with E-state index in [2.05, 4.69) is 15.3 Å². The smallest absolute Gasteiger partial charge is 0.193 e. The zero-order chi connectivity index (χ0) is 13.9. The first-order valence-corrected chi connectivity index (χ1v) is 7.40. The number of hydrogen-bond donors (Lipinski definition) is 1. The van der Waals surface area contributed by atoms with Crippen LogP contribution in [0.5, 0.6) is 0 Å². The molecule has 6 heteroatoms. The van der Waals surface area contributed by atoms with Gasteiger partial charge >= 0.3 is 0 Å². The number of pyridine rings is 1. The van der Waals surface area contributed by atoms with E-state index in [0.717, 1.165) is 17.2 Å². The fraction of sp³-hybridized carbons (Fsp3) is 0.286. The molecule has 3 aromatic rings. The van der Waals surface area contributed by atoms with Gasteiger partial charge in [0.25, 0.3) is 0 Å². The van der Waals surface area contributed by atoms with Gasteiger partial charge in [0.15, 0.2) is 4.96 Å². The molecule has 0 saturated carbocycles. The van der Waals surface area contributed by atoms with Gasteiger partial charge in [0.05, 0.1) is 17.4 Å². The van der Waals surface area contributed by atoms with Crippen LogP contribution in [0.3, 0.4) is 0 Å². The Morgan fingerprint density at radius 3 is 3.15 bits per heavy atom. The van der Waals surface area contributed by atoms with Crippen LogP contribution in [0.15, 0.2) is 36.1 Å². The number of fused-ring (bicyclic) bond motifs is 1. The zero-order valence-electron chi connectivity index (χ0n) is 11.1. The largest absolute Gasteiger partial charge is 0.308 e. The molecule has 1 unspecified atom stereocenters. The van der Waals surface area contributed by atoms with E-state index in [1.807, 2.05) is 29.1 Å². The number of rotatable bonds is 5. The highest BCUT2D eigenvalue weighted by molar-refractivity contribution is 7.15. The van der Waals surface area contributed by atoms with E-state index in [1.165, 1.54) is 6.07 Å². The zero-order valence-corrected chi connectivity index (χ0v) is 11.9. The number of likely N-dealkylation sites (N-methyl/N-ethyl adjacent to an activating group) is 1. The Bertz CT molecular complexity index is 677. The second-order valence-corrected chi connectivity index (χ2v) is 5.38. The summed E-state index contributed by atoms with van der Waals surface area (Å²) in [7, 11) is 0. The molecule has 3 rings (SSSR count). The van der Waals surface area contributed by atoms with Gasteiger partial charge in [-0.25, -0.2) is 9.37 Å². The molecule has 1 N–H and O–H groups in total. The fourth-order valence-electron chi connectivity index (χ4n) is 2.25. The maximum Gasteiger partial charge on any atom is 0.193 e. The summed E-state index contributed by atoms with van der Waals surface area (Å²) in [5.41, 5.74) is 1.39. The van der Waals surface area contributed by atoms with Crippen molar-refractivity contribution in [3.05, 3.63) is 53.3 Å². The van der Waals surface area contributed by atoms with Gasteiger partial charge in [-0.2, -0.15) is 0 Å². The van der Waals surface area contributed by atoms with Gasteiger partial charge in [-0.05, 0) is 18.7 Å². The SMILES string of the molecule is CCNC(Cc1cn2ccsc2n1)c1ncccc1F. The average Bonchev–Trinajstić information content (AvgIpc) is 3.00. The lowest BCUT2D eigenvalue weighted by Gasteiger charge is -2.16. The molecule has 0 aliphatic rings. The molecular formula is C14H15FN4S. The van der Waals surface area contributed by atoms with Crippen LogP contribution < -0.4 is 5.32 Å². The van der Waals surface area contributed by atoms with Crippen molar-refractivity contribution in [2.75, 3.05) is 6.54 Å². The van der Waals surface area contributed by atoms with Gasteiger partial charge in [0.2, 0.25) is 0 Å². The molecule has 104 valence electrons. The fourth-order valence-corrected chi connectivity index (χ4v) is 2.97. The highest BCUT2D eigenvalue weighted by atomic mass is 32.1. The number of imidazole rings is 1. The lowest BCUT2D eigenvalue weighted by Crippen LogP contribution is -2.25. The molecule has 0 spiro atoms. The predicted octanol–water partition coefficient (Wildman–Crippen LogP) is 2.82. The van der Waals surface area contributed by atoms with Gasteiger partial charge in [0.1, 0.15) is 5.82 Å². The third-order valence-corrected chi connectivity index (χ3v) is 3.89. The lowest BCUT2D eigenvalue weighted by atomic mass is 10.1. The summed E-state index contributed by atoms with van der Waals surface area (Å²) in [4.78, 5) is 9.66. The average molecular weight is 290 g/mol. The third kappa shape index (κ3) is 2.57. The molecule has 4 nitrogen and oxygen atoms in total. The molecule has 0 aliphatic carbocycles. The Balaban J connectivity index is 1.87. The molecule has 3 heterocycles. The highest BCUT2D eigenvalue weighted by Crippen LogP contribution is 2.20. The number of thiazole rings is 1. The summed E-state index contributed by atoms with van der Waals surface area (Å²) in [5.74, 6) is -0.278. The van der Waals surface area contributed by atoms with Crippen molar-refractivity contribution >= 4 is 16.3 Å². The minimum atomic E-state index is -0.278. The molecular weight excluding hydrogens is 275 g/mol. The number of aromatic nitrogens is 3. The summed E-state index contributed by atoms with van der Waals surface area (Å²) in [5, 5.41) is 5.27. The Morgan fingerprint density at radius 1 is 1.50 bits per heavy atom. The van der Waals surface area contributed by atoms with Gasteiger partial charge in [0, 0.05) is 30.4 Å². The van der Waals surface area contributed by atoms with E-state index in [4.69, 9.17) is 0 Å². The first kappa shape index (κ1) is 13.2. The van der Waals surface area contributed by atoms with Crippen LogP contribution in [0.4, 0.5) is 4.39 Å². The van der Waals surface area contributed by atoms with Crippen molar-refractivity contribution in [3.63, 3.8) is 0 Å². The van der Waals surface area contributed by atoms with Crippen molar-refractivity contribution in [2.45, 2.75) is 19.4 Å². The molecule has 0 fully saturated rings. The molecule has 0 amide bonds. The maximum atomic E-state index is 13.9. The molecule has 0 aliphatic heterocycles. The number of nitrogens with one attached hydrogen (secondary N) is 1. The summed E-state index contributed by atoms with van der Waals surface area (Å²) in [6.45, 7) is 2.75. The molecule has 20 heavy (non-hydrogen) atoms. The topological polar surface area (TPSA) is 42.2 Å². The Hall–Kier alpha value is -1.79. The van der Waals surface area contributed by atoms with Crippen molar-refractivity contribution in [1.29, 1.82) is 0 Å². The first-order chi connectivity index (χ1) is 9.78. The molecule has 3 aromatic heterocycles. The minimum Gasteiger partial charge on any atom is -0.308 e. The van der Waals surface area contributed by atoms with Crippen LogP contribution in [-0.4, -0.2) is 20.9 Å². The summed E-state index contributed by atoms with van der Waals surface area (Å²) in [6.07, 6.45) is 6.20. The Labute approximate surface area is 120 Å². The summed E-state index contributed by atoms with van der Waals surface area (Å²) >= 11 is 1.59. The molecule has 0 radical (unpaired) electrons. The monoisotopic (exact) mass is 290 g/mol. The molecule has 0 saturated heterocycles. The summed E-state index contributed by atoms with van der Waals surface area (Å²) < 4.78 is 15.9. The van der Waals surface area contributed by atoms with Gasteiger partial charge in [-0.3, -0.25) is 9.38 Å². The third-order valence-electron chi connectivity index (χ3n) is 3.12.